The highest BCUT2D eigenvalue weighted by molar-refractivity contribution is 7.86. The van der Waals surface area contributed by atoms with Crippen LogP contribution in [0.1, 0.15) is 11.1 Å². The first kappa shape index (κ1) is 19.6. The number of urea groups is 1. The van der Waals surface area contributed by atoms with Crippen molar-refractivity contribution in [2.24, 2.45) is 0 Å². The molecule has 7 heteroatoms. The van der Waals surface area contributed by atoms with Gasteiger partial charge in [-0.3, -0.25) is 4.55 Å². The molecule has 0 aliphatic heterocycles. The van der Waals surface area contributed by atoms with E-state index < -0.39 is 16.1 Å². The molecule has 0 radical (unpaired) electrons. The SMILES string of the molecule is Cc1cccc(NC(=O)Nc2cccc(-c3cc(C)ccc3S(=O)(=O)O)c2)c1. The predicted octanol–water partition coefficient (Wildman–Crippen LogP) is 4.86. The Kier molecular flexibility index (Phi) is 5.48. The molecule has 2 amide bonds. The zero-order valence-corrected chi connectivity index (χ0v) is 16.2. The Morgan fingerprint density at radius 1 is 0.821 bits per heavy atom. The van der Waals surface area contributed by atoms with Crippen LogP contribution < -0.4 is 10.6 Å². The molecule has 0 fully saturated rings. The molecule has 3 N–H and O–H groups in total. The van der Waals surface area contributed by atoms with E-state index in [1.54, 1.807) is 42.5 Å². The third-order valence-electron chi connectivity index (χ3n) is 4.12. The van der Waals surface area contributed by atoms with Gasteiger partial charge in [0.2, 0.25) is 0 Å². The van der Waals surface area contributed by atoms with Gasteiger partial charge in [0.05, 0.1) is 0 Å². The maximum Gasteiger partial charge on any atom is 0.323 e. The van der Waals surface area contributed by atoms with E-state index in [1.807, 2.05) is 32.0 Å². The number of benzene rings is 3. The van der Waals surface area contributed by atoms with E-state index in [-0.39, 0.29) is 4.90 Å². The van der Waals surface area contributed by atoms with E-state index in [9.17, 15) is 17.8 Å². The standard InChI is InChI=1S/C21H20N2O4S/c1-14-5-3-7-17(11-14)22-21(24)23-18-8-4-6-16(13-18)19-12-15(2)9-10-20(19)28(25,26)27/h3-13H,1-2H3,(H2,22,23,24)(H,25,26,27). The lowest BCUT2D eigenvalue weighted by Crippen LogP contribution is -2.19. The van der Waals surface area contributed by atoms with Gasteiger partial charge in [-0.1, -0.05) is 42.0 Å². The summed E-state index contributed by atoms with van der Waals surface area (Å²) < 4.78 is 32.9. The van der Waals surface area contributed by atoms with Crippen LogP contribution >= 0.6 is 0 Å². The van der Waals surface area contributed by atoms with Crippen LogP contribution in [0.5, 0.6) is 0 Å². The van der Waals surface area contributed by atoms with Crippen molar-refractivity contribution < 1.29 is 17.8 Å². The number of rotatable bonds is 4. The molecule has 0 unspecified atom stereocenters. The van der Waals surface area contributed by atoms with Crippen LogP contribution in [0, 0.1) is 13.8 Å². The van der Waals surface area contributed by atoms with Crippen LogP contribution in [0.4, 0.5) is 16.2 Å². The number of aryl methyl sites for hydroxylation is 2. The van der Waals surface area contributed by atoms with Crippen molar-refractivity contribution in [1.82, 2.24) is 0 Å². The summed E-state index contributed by atoms with van der Waals surface area (Å²) >= 11 is 0. The molecule has 0 saturated heterocycles. The van der Waals surface area contributed by atoms with Gasteiger partial charge >= 0.3 is 6.03 Å². The molecule has 0 aliphatic carbocycles. The van der Waals surface area contributed by atoms with Crippen molar-refractivity contribution in [1.29, 1.82) is 0 Å². The van der Waals surface area contributed by atoms with Crippen LogP contribution in [0.25, 0.3) is 11.1 Å². The average Bonchev–Trinajstić information content (AvgIpc) is 2.60. The molecule has 0 atom stereocenters. The highest BCUT2D eigenvalue weighted by atomic mass is 32.2. The van der Waals surface area contributed by atoms with Gasteiger partial charge < -0.3 is 10.6 Å². The van der Waals surface area contributed by atoms with Gasteiger partial charge in [0.1, 0.15) is 4.90 Å². The summed E-state index contributed by atoms with van der Waals surface area (Å²) in [6, 6.07) is 18.4. The first-order chi connectivity index (χ1) is 13.2. The van der Waals surface area contributed by atoms with Gasteiger partial charge in [-0.25, -0.2) is 4.79 Å². The molecule has 28 heavy (non-hydrogen) atoms. The molecule has 0 aliphatic rings. The minimum Gasteiger partial charge on any atom is -0.308 e. The lowest BCUT2D eigenvalue weighted by atomic mass is 10.0. The molecule has 0 aromatic heterocycles. The van der Waals surface area contributed by atoms with Gasteiger partial charge in [-0.2, -0.15) is 8.42 Å². The predicted molar refractivity (Wildman–Crippen MR) is 110 cm³/mol. The van der Waals surface area contributed by atoms with Crippen LogP contribution in [0.15, 0.2) is 71.6 Å². The highest BCUT2D eigenvalue weighted by Crippen LogP contribution is 2.30. The van der Waals surface area contributed by atoms with Crippen molar-refractivity contribution in [3.63, 3.8) is 0 Å². The molecule has 3 aromatic carbocycles. The molecule has 0 bridgehead atoms. The highest BCUT2D eigenvalue weighted by Gasteiger charge is 2.17. The molecule has 6 nitrogen and oxygen atoms in total. The molecule has 3 rings (SSSR count). The van der Waals surface area contributed by atoms with Gasteiger partial charge in [-0.05, 0) is 55.3 Å². The van der Waals surface area contributed by atoms with Crippen molar-refractivity contribution >= 4 is 27.5 Å². The lowest BCUT2D eigenvalue weighted by molar-refractivity contribution is 0.262. The van der Waals surface area contributed by atoms with Gasteiger partial charge in [0.15, 0.2) is 0 Å². The van der Waals surface area contributed by atoms with E-state index >= 15 is 0 Å². The average molecular weight is 396 g/mol. The summed E-state index contributed by atoms with van der Waals surface area (Å²) in [5.41, 5.74) is 3.95. The minimum absolute atomic E-state index is 0.181. The summed E-state index contributed by atoms with van der Waals surface area (Å²) in [4.78, 5) is 12.1. The van der Waals surface area contributed by atoms with Crippen LogP contribution in [-0.4, -0.2) is 19.0 Å². The second-order valence-corrected chi connectivity index (χ2v) is 7.89. The summed E-state index contributed by atoms with van der Waals surface area (Å²) in [5, 5.41) is 5.48. The third kappa shape index (κ3) is 4.76. The normalized spacial score (nSPS) is 11.1. The van der Waals surface area contributed by atoms with Crippen molar-refractivity contribution in [2.75, 3.05) is 10.6 Å². The Morgan fingerprint density at radius 2 is 1.43 bits per heavy atom. The van der Waals surface area contributed by atoms with Crippen molar-refractivity contribution in [2.45, 2.75) is 18.7 Å². The summed E-state index contributed by atoms with van der Waals surface area (Å²) in [6.07, 6.45) is 0. The Labute approximate surface area is 164 Å². The van der Waals surface area contributed by atoms with E-state index in [2.05, 4.69) is 10.6 Å². The largest absolute Gasteiger partial charge is 0.323 e. The topological polar surface area (TPSA) is 95.5 Å². The zero-order chi connectivity index (χ0) is 20.3. The number of hydrogen-bond donors (Lipinski definition) is 3. The first-order valence-electron chi connectivity index (χ1n) is 8.55. The number of anilines is 2. The fourth-order valence-corrected chi connectivity index (χ4v) is 3.57. The quantitative estimate of drug-likeness (QED) is 0.549. The second-order valence-electron chi connectivity index (χ2n) is 6.50. The molecule has 3 aromatic rings. The molecule has 0 heterocycles. The van der Waals surface area contributed by atoms with Crippen molar-refractivity contribution in [3.05, 3.63) is 77.9 Å². The molecular weight excluding hydrogens is 376 g/mol. The van der Waals surface area contributed by atoms with Gasteiger partial charge in [0, 0.05) is 16.9 Å². The number of carbonyl (C=O) groups excluding carboxylic acids is 1. The maximum atomic E-state index is 12.3. The third-order valence-corrected chi connectivity index (χ3v) is 5.03. The smallest absolute Gasteiger partial charge is 0.308 e. The molecular formula is C21H20N2O4S. The Morgan fingerprint density at radius 3 is 2.07 bits per heavy atom. The van der Waals surface area contributed by atoms with Crippen LogP contribution in [0.2, 0.25) is 0 Å². The van der Waals surface area contributed by atoms with Crippen molar-refractivity contribution in [3.8, 4) is 11.1 Å². The Bertz CT molecular complexity index is 1140. The van der Waals surface area contributed by atoms with E-state index in [0.717, 1.165) is 11.1 Å². The van der Waals surface area contributed by atoms with E-state index in [1.165, 1.54) is 6.07 Å². The molecule has 0 saturated carbocycles. The Balaban J connectivity index is 1.87. The number of nitrogens with one attached hydrogen (secondary N) is 2. The Hall–Kier alpha value is -3.16. The summed E-state index contributed by atoms with van der Waals surface area (Å²) in [6.45, 7) is 3.76. The molecule has 144 valence electrons. The van der Waals surface area contributed by atoms with E-state index in [4.69, 9.17) is 0 Å². The number of carbonyl (C=O) groups is 1. The molecule has 0 spiro atoms. The lowest BCUT2D eigenvalue weighted by Gasteiger charge is -2.12. The maximum absolute atomic E-state index is 12.3. The van der Waals surface area contributed by atoms with Crippen LogP contribution in [-0.2, 0) is 10.1 Å². The van der Waals surface area contributed by atoms with E-state index in [0.29, 0.717) is 22.5 Å². The first-order valence-corrected chi connectivity index (χ1v) is 9.99. The number of hydrogen-bond acceptors (Lipinski definition) is 3. The zero-order valence-electron chi connectivity index (χ0n) is 15.4. The number of amides is 2. The van der Waals surface area contributed by atoms with Crippen LogP contribution in [0.3, 0.4) is 0 Å². The fourth-order valence-electron chi connectivity index (χ4n) is 2.88. The summed E-state index contributed by atoms with van der Waals surface area (Å²) in [7, 11) is -4.38. The summed E-state index contributed by atoms with van der Waals surface area (Å²) in [5.74, 6) is 0. The van der Waals surface area contributed by atoms with Gasteiger partial charge in [0.25, 0.3) is 10.1 Å². The minimum atomic E-state index is -4.38. The monoisotopic (exact) mass is 396 g/mol. The van der Waals surface area contributed by atoms with Gasteiger partial charge in [-0.15, -0.1) is 0 Å². The second kappa shape index (κ2) is 7.84. The fraction of sp³-hybridized carbons (Fsp3) is 0.0952.